The standard InChI is InChI=1S/C34H38N6O12S/c1-18-29-28(19(2)41)32(44)38(29)30(33(45)51-16-20-3-7-22(8-4-20)39(47)48)31(18)53-25-13-24(14-36-27(43)12-11-26(35)42)37(15-25)34(46)52-17-21-5-9-23(10-6-21)40(49)50/h3-10,18-19,24-25,28-29,41H,11-17H2,1-2H3,(H2,35,42)(H,36,43)/t18-,19-,24+,25+,28-,29-/m1/s1. The highest BCUT2D eigenvalue weighted by Crippen LogP contribution is 2.52. The molecule has 4 N–H and O–H groups in total. The molecular weight excluding hydrogens is 716 g/mol. The number of nitrogens with one attached hydrogen (secondary N) is 1. The molecule has 2 aromatic carbocycles. The van der Waals surface area contributed by atoms with Crippen LogP contribution in [0.15, 0.2) is 59.1 Å². The van der Waals surface area contributed by atoms with Gasteiger partial charge >= 0.3 is 12.1 Å². The quantitative estimate of drug-likeness (QED) is 0.102. The Hall–Kier alpha value is -5.56. The van der Waals surface area contributed by atoms with Crippen LogP contribution in [0.2, 0.25) is 0 Å². The highest BCUT2D eigenvalue weighted by Gasteiger charge is 2.60. The molecule has 0 radical (unpaired) electrons. The molecule has 0 saturated carbocycles. The number of nitro groups is 2. The third-order valence-electron chi connectivity index (χ3n) is 9.37. The number of thioether (sulfide) groups is 1. The number of nitrogens with two attached hydrogens (primary N) is 1. The Morgan fingerprint density at radius 3 is 2.08 bits per heavy atom. The van der Waals surface area contributed by atoms with Crippen molar-refractivity contribution in [3.05, 3.63) is 90.5 Å². The molecule has 53 heavy (non-hydrogen) atoms. The van der Waals surface area contributed by atoms with Crippen molar-refractivity contribution < 1.29 is 48.4 Å². The number of non-ortho nitro benzene ring substituents is 2. The summed E-state index contributed by atoms with van der Waals surface area (Å²) in [5, 5.41) is 34.8. The fraction of sp³-hybridized carbons (Fsp3) is 0.441. The number of carbonyl (C=O) groups excluding carboxylic acids is 5. The number of aliphatic hydroxyl groups excluding tert-OH is 1. The van der Waals surface area contributed by atoms with E-state index < -0.39 is 69.7 Å². The molecule has 4 amide bonds. The van der Waals surface area contributed by atoms with E-state index in [1.54, 1.807) is 0 Å². The number of amides is 4. The molecule has 3 aliphatic heterocycles. The molecule has 282 valence electrons. The van der Waals surface area contributed by atoms with Gasteiger partial charge in [0.1, 0.15) is 18.9 Å². The zero-order chi connectivity index (χ0) is 38.6. The lowest BCUT2D eigenvalue weighted by Crippen LogP contribution is -2.63. The number of aliphatic hydroxyl groups is 1. The molecule has 19 heteroatoms. The smallest absolute Gasteiger partial charge is 0.410 e. The van der Waals surface area contributed by atoms with Gasteiger partial charge in [0.15, 0.2) is 0 Å². The van der Waals surface area contributed by atoms with Crippen LogP contribution in [0, 0.1) is 32.1 Å². The van der Waals surface area contributed by atoms with Gasteiger partial charge in [-0.15, -0.1) is 11.8 Å². The number of esters is 1. The van der Waals surface area contributed by atoms with Crippen molar-refractivity contribution in [1.82, 2.24) is 15.1 Å². The summed E-state index contributed by atoms with van der Waals surface area (Å²) >= 11 is 1.28. The predicted octanol–water partition coefficient (Wildman–Crippen LogP) is 2.51. The summed E-state index contributed by atoms with van der Waals surface area (Å²) in [6.07, 6.45) is -1.67. The Morgan fingerprint density at radius 2 is 1.55 bits per heavy atom. The number of benzene rings is 2. The number of hydrogen-bond donors (Lipinski definition) is 3. The van der Waals surface area contributed by atoms with E-state index in [0.717, 1.165) is 0 Å². The number of likely N-dealkylation sites (tertiary alicyclic amines) is 1. The van der Waals surface area contributed by atoms with Crippen molar-refractivity contribution in [3.8, 4) is 0 Å². The molecule has 3 aliphatic rings. The Balaban J connectivity index is 1.34. The number of hydrogen-bond acceptors (Lipinski definition) is 13. The van der Waals surface area contributed by atoms with Crippen LogP contribution < -0.4 is 11.1 Å². The molecule has 0 spiro atoms. The Kier molecular flexibility index (Phi) is 12.0. The fourth-order valence-electron chi connectivity index (χ4n) is 6.65. The first-order valence-electron chi connectivity index (χ1n) is 16.7. The minimum Gasteiger partial charge on any atom is -0.456 e. The van der Waals surface area contributed by atoms with Gasteiger partial charge in [-0.1, -0.05) is 6.92 Å². The molecule has 18 nitrogen and oxygen atoms in total. The third kappa shape index (κ3) is 8.74. The maximum atomic E-state index is 13.7. The number of nitrogens with zero attached hydrogens (tertiary/aromatic N) is 4. The average Bonchev–Trinajstić information content (AvgIpc) is 3.63. The topological polar surface area (TPSA) is 255 Å². The maximum Gasteiger partial charge on any atom is 0.410 e. The van der Waals surface area contributed by atoms with E-state index in [1.165, 1.54) is 77.0 Å². The highest BCUT2D eigenvalue weighted by atomic mass is 32.2. The van der Waals surface area contributed by atoms with Crippen LogP contribution in [0.3, 0.4) is 0 Å². The van der Waals surface area contributed by atoms with Gasteiger partial charge in [0.2, 0.25) is 17.7 Å². The fourth-order valence-corrected chi connectivity index (χ4v) is 8.21. The number of fused-ring (bicyclic) bond motifs is 1. The first-order chi connectivity index (χ1) is 25.2. The molecule has 2 saturated heterocycles. The number of ether oxygens (including phenoxy) is 2. The summed E-state index contributed by atoms with van der Waals surface area (Å²) < 4.78 is 11.1. The van der Waals surface area contributed by atoms with Crippen LogP contribution in [0.25, 0.3) is 0 Å². The van der Waals surface area contributed by atoms with E-state index in [1.807, 2.05) is 6.92 Å². The molecule has 5 rings (SSSR count). The second-order valence-corrected chi connectivity index (χ2v) is 14.3. The van der Waals surface area contributed by atoms with Gasteiger partial charge in [0.25, 0.3) is 11.4 Å². The summed E-state index contributed by atoms with van der Waals surface area (Å²) in [5.74, 6) is -3.47. The van der Waals surface area contributed by atoms with E-state index in [9.17, 15) is 49.3 Å². The number of nitro benzene ring substituents is 2. The van der Waals surface area contributed by atoms with Crippen LogP contribution in [0.5, 0.6) is 0 Å². The monoisotopic (exact) mass is 754 g/mol. The number of carbonyl (C=O) groups is 5. The lowest BCUT2D eigenvalue weighted by atomic mass is 9.79. The Morgan fingerprint density at radius 1 is 0.981 bits per heavy atom. The first kappa shape index (κ1) is 38.7. The van der Waals surface area contributed by atoms with Gasteiger partial charge in [-0.25, -0.2) is 9.59 Å². The van der Waals surface area contributed by atoms with Crippen LogP contribution in [0.4, 0.5) is 16.2 Å². The molecule has 2 fully saturated rings. The van der Waals surface area contributed by atoms with E-state index in [-0.39, 0.29) is 61.5 Å². The molecular formula is C34H38N6O12S. The number of β-lactam (4-membered cyclic amide) rings is 1. The molecule has 0 aliphatic carbocycles. The van der Waals surface area contributed by atoms with Gasteiger partial charge in [-0.05, 0) is 48.7 Å². The van der Waals surface area contributed by atoms with Gasteiger partial charge in [0.05, 0.1) is 34.0 Å². The zero-order valence-electron chi connectivity index (χ0n) is 28.7. The summed E-state index contributed by atoms with van der Waals surface area (Å²) in [5.41, 5.74) is 5.92. The first-order valence-corrected chi connectivity index (χ1v) is 17.6. The van der Waals surface area contributed by atoms with E-state index in [4.69, 9.17) is 15.2 Å². The van der Waals surface area contributed by atoms with Gasteiger partial charge in [0, 0.05) is 66.3 Å². The number of rotatable bonds is 15. The maximum absolute atomic E-state index is 13.7. The van der Waals surface area contributed by atoms with E-state index in [0.29, 0.717) is 22.5 Å². The van der Waals surface area contributed by atoms with Crippen molar-refractivity contribution in [3.63, 3.8) is 0 Å². The SMILES string of the molecule is C[C@@H](O)[C@H]1C(=O)N2C(C(=O)OCc3ccc([N+](=O)[O-])cc3)=C(S[C@H]3C[C@@H](CNC(=O)CCC(N)=O)N(C(=O)OCc4ccc([N+](=O)[O-])cc4)C3)[C@H](C)[C@H]12. The minimum absolute atomic E-state index is 0.0113. The second-order valence-electron chi connectivity index (χ2n) is 13.0. The summed E-state index contributed by atoms with van der Waals surface area (Å²) in [6.45, 7) is 3.05. The predicted molar refractivity (Wildman–Crippen MR) is 186 cm³/mol. The molecule has 0 bridgehead atoms. The van der Waals surface area contributed by atoms with E-state index >= 15 is 0 Å². The summed E-state index contributed by atoms with van der Waals surface area (Å²) in [7, 11) is 0. The molecule has 3 heterocycles. The normalized spacial score (nSPS) is 22.5. The van der Waals surface area contributed by atoms with Crippen molar-refractivity contribution in [1.29, 1.82) is 0 Å². The molecule has 0 unspecified atom stereocenters. The van der Waals surface area contributed by atoms with Gasteiger partial charge in [-0.3, -0.25) is 34.6 Å². The van der Waals surface area contributed by atoms with Crippen LogP contribution in [-0.2, 0) is 41.9 Å². The number of primary amides is 1. The third-order valence-corrected chi connectivity index (χ3v) is 10.9. The van der Waals surface area contributed by atoms with Crippen LogP contribution in [0.1, 0.15) is 44.2 Å². The van der Waals surface area contributed by atoms with Crippen molar-refractivity contribution >= 4 is 52.9 Å². The van der Waals surface area contributed by atoms with Crippen LogP contribution in [-0.4, -0.2) is 91.1 Å². The van der Waals surface area contributed by atoms with Crippen molar-refractivity contribution in [2.75, 3.05) is 13.1 Å². The highest BCUT2D eigenvalue weighted by molar-refractivity contribution is 8.03. The molecule has 2 aromatic rings. The second kappa shape index (κ2) is 16.4. The van der Waals surface area contributed by atoms with Gasteiger partial charge in [-0.2, -0.15) is 0 Å². The average molecular weight is 755 g/mol. The Bertz CT molecular complexity index is 1820. The summed E-state index contributed by atoms with van der Waals surface area (Å²) in [4.78, 5) is 88.2. The minimum atomic E-state index is -0.983. The van der Waals surface area contributed by atoms with Crippen LogP contribution >= 0.6 is 11.8 Å². The van der Waals surface area contributed by atoms with E-state index in [2.05, 4.69) is 5.32 Å². The lowest BCUT2D eigenvalue weighted by molar-refractivity contribution is -0.385. The van der Waals surface area contributed by atoms with Crippen molar-refractivity contribution in [2.45, 2.75) is 69.8 Å². The Labute approximate surface area is 306 Å². The summed E-state index contributed by atoms with van der Waals surface area (Å²) in [6, 6.07) is 9.88. The molecule has 0 aromatic heterocycles. The molecule has 6 atom stereocenters. The zero-order valence-corrected chi connectivity index (χ0v) is 29.6. The van der Waals surface area contributed by atoms with Gasteiger partial charge < -0.3 is 35.4 Å². The largest absolute Gasteiger partial charge is 0.456 e. The lowest BCUT2D eigenvalue weighted by Gasteiger charge is -2.46. The van der Waals surface area contributed by atoms with Crippen molar-refractivity contribution in [2.24, 2.45) is 17.6 Å².